The van der Waals surface area contributed by atoms with Gasteiger partial charge in [-0.1, -0.05) is 84.0 Å². The highest BCUT2D eigenvalue weighted by molar-refractivity contribution is 5.77. The van der Waals surface area contributed by atoms with E-state index in [9.17, 15) is 4.79 Å². The third-order valence-corrected chi connectivity index (χ3v) is 3.84. The lowest BCUT2D eigenvalue weighted by molar-refractivity contribution is -0.120. The average Bonchev–Trinajstić information content (AvgIpc) is 2.48. The number of nitriles is 1. The maximum absolute atomic E-state index is 11.0. The molecule has 0 aliphatic rings. The summed E-state index contributed by atoms with van der Waals surface area (Å²) in [5.41, 5.74) is 0. The molecule has 0 heterocycles. The minimum absolute atomic E-state index is 0.0154. The van der Waals surface area contributed by atoms with Gasteiger partial charge in [-0.25, -0.2) is 0 Å². The molecule has 1 N–H and O–H groups in total. The molecule has 0 atom stereocenters. The maximum atomic E-state index is 11.0. The van der Waals surface area contributed by atoms with Crippen molar-refractivity contribution in [1.29, 1.82) is 5.26 Å². The predicted molar refractivity (Wildman–Crippen MR) is 88.9 cm³/mol. The van der Waals surface area contributed by atoms with Gasteiger partial charge in [-0.3, -0.25) is 4.79 Å². The molecule has 0 spiro atoms. The van der Waals surface area contributed by atoms with Crippen LogP contribution in [0.25, 0.3) is 0 Å². The third kappa shape index (κ3) is 16.9. The summed E-state index contributed by atoms with van der Waals surface area (Å²) in [5, 5.41) is 11.1. The van der Waals surface area contributed by atoms with Gasteiger partial charge in [0.15, 0.2) is 0 Å². The molecule has 0 aromatic rings. The number of rotatable bonds is 15. The quantitative estimate of drug-likeness (QED) is 0.427. The van der Waals surface area contributed by atoms with Gasteiger partial charge >= 0.3 is 0 Å². The van der Waals surface area contributed by atoms with Gasteiger partial charge in [0.05, 0.1) is 6.07 Å². The lowest BCUT2D eigenvalue weighted by Crippen LogP contribution is -2.23. The standard InChI is InChI=1S/C18H34N2O/c1-2-3-4-5-6-7-8-9-10-11-12-13-14-17-20-18(21)15-16-19/h2-15,17H2,1H3,(H,20,21). The fourth-order valence-corrected chi connectivity index (χ4v) is 2.50. The number of hydrogen-bond acceptors (Lipinski definition) is 2. The SMILES string of the molecule is CCCCCCCCCCCCCCCNC(=O)CC#N. The fourth-order valence-electron chi connectivity index (χ4n) is 2.50. The van der Waals surface area contributed by atoms with Crippen molar-refractivity contribution in [1.82, 2.24) is 5.32 Å². The van der Waals surface area contributed by atoms with Crippen LogP contribution in [0.15, 0.2) is 0 Å². The molecule has 3 nitrogen and oxygen atoms in total. The number of nitrogens with one attached hydrogen (secondary N) is 1. The van der Waals surface area contributed by atoms with Gasteiger partial charge in [-0.2, -0.15) is 5.26 Å². The van der Waals surface area contributed by atoms with Crippen LogP contribution in [0.3, 0.4) is 0 Å². The van der Waals surface area contributed by atoms with Crippen LogP contribution in [-0.4, -0.2) is 12.5 Å². The van der Waals surface area contributed by atoms with E-state index in [0.717, 1.165) is 13.0 Å². The minimum Gasteiger partial charge on any atom is -0.355 e. The Bertz CT molecular complexity index is 271. The largest absolute Gasteiger partial charge is 0.355 e. The average molecular weight is 294 g/mol. The molecule has 0 fully saturated rings. The Kier molecular flexibility index (Phi) is 16.2. The monoisotopic (exact) mass is 294 g/mol. The highest BCUT2D eigenvalue weighted by Crippen LogP contribution is 2.12. The van der Waals surface area contributed by atoms with Crippen LogP contribution < -0.4 is 5.32 Å². The second-order valence-electron chi connectivity index (χ2n) is 5.93. The molecular formula is C18H34N2O. The first-order chi connectivity index (χ1) is 10.3. The Morgan fingerprint density at radius 2 is 1.24 bits per heavy atom. The Morgan fingerprint density at radius 1 is 0.810 bits per heavy atom. The molecule has 0 saturated carbocycles. The van der Waals surface area contributed by atoms with Gasteiger partial charge in [0.2, 0.25) is 5.91 Å². The first-order valence-corrected chi connectivity index (χ1v) is 8.95. The molecular weight excluding hydrogens is 260 g/mol. The molecule has 3 heteroatoms. The molecule has 0 aliphatic heterocycles. The van der Waals surface area contributed by atoms with Crippen LogP contribution in [0.1, 0.15) is 96.8 Å². The summed E-state index contributed by atoms with van der Waals surface area (Å²) in [5.74, 6) is -0.142. The van der Waals surface area contributed by atoms with E-state index in [4.69, 9.17) is 5.26 Å². The number of hydrogen-bond donors (Lipinski definition) is 1. The highest BCUT2D eigenvalue weighted by atomic mass is 16.1. The van der Waals surface area contributed by atoms with Crippen molar-refractivity contribution in [2.24, 2.45) is 0 Å². The molecule has 0 aromatic heterocycles. The number of nitrogens with zero attached hydrogens (tertiary/aromatic N) is 1. The molecule has 0 unspecified atom stereocenters. The first kappa shape index (κ1) is 20.0. The Hall–Kier alpha value is -1.04. The number of carbonyl (C=O) groups excluding carboxylic acids is 1. The topological polar surface area (TPSA) is 52.9 Å². The number of unbranched alkanes of at least 4 members (excludes halogenated alkanes) is 12. The number of carbonyl (C=O) groups is 1. The van der Waals surface area contributed by atoms with Gasteiger partial charge in [-0.05, 0) is 6.42 Å². The molecule has 1 amide bonds. The summed E-state index contributed by atoms with van der Waals surface area (Å²) < 4.78 is 0. The van der Waals surface area contributed by atoms with Gasteiger partial charge in [0.25, 0.3) is 0 Å². The molecule has 0 aromatic carbocycles. The Balaban J connectivity index is 3.03. The van der Waals surface area contributed by atoms with E-state index in [-0.39, 0.29) is 12.3 Å². The molecule has 0 aliphatic carbocycles. The number of amides is 1. The van der Waals surface area contributed by atoms with Crippen LogP contribution in [0.2, 0.25) is 0 Å². The Labute approximate surface area is 131 Å². The Morgan fingerprint density at radius 3 is 1.67 bits per heavy atom. The molecule has 0 bridgehead atoms. The smallest absolute Gasteiger partial charge is 0.234 e. The predicted octanol–water partition coefficient (Wildman–Crippen LogP) is 5.11. The normalized spacial score (nSPS) is 10.3. The van der Waals surface area contributed by atoms with Gasteiger partial charge < -0.3 is 5.32 Å². The van der Waals surface area contributed by atoms with Crippen molar-refractivity contribution in [2.45, 2.75) is 96.8 Å². The first-order valence-electron chi connectivity index (χ1n) is 8.95. The summed E-state index contributed by atoms with van der Waals surface area (Å²) in [4.78, 5) is 11.0. The van der Waals surface area contributed by atoms with Crippen LogP contribution >= 0.6 is 0 Å². The zero-order chi connectivity index (χ0) is 15.6. The highest BCUT2D eigenvalue weighted by Gasteiger charge is 1.98. The maximum Gasteiger partial charge on any atom is 0.234 e. The van der Waals surface area contributed by atoms with E-state index in [2.05, 4.69) is 12.2 Å². The molecule has 21 heavy (non-hydrogen) atoms. The van der Waals surface area contributed by atoms with Crippen molar-refractivity contribution in [3.8, 4) is 6.07 Å². The summed E-state index contributed by atoms with van der Waals surface area (Å²) in [6.07, 6.45) is 17.3. The van der Waals surface area contributed by atoms with Crippen LogP contribution in [-0.2, 0) is 4.79 Å². The summed E-state index contributed by atoms with van der Waals surface area (Å²) in [7, 11) is 0. The fraction of sp³-hybridized carbons (Fsp3) is 0.889. The second kappa shape index (κ2) is 17.0. The van der Waals surface area contributed by atoms with Crippen molar-refractivity contribution >= 4 is 5.91 Å². The zero-order valence-corrected chi connectivity index (χ0v) is 14.0. The third-order valence-electron chi connectivity index (χ3n) is 3.84. The summed E-state index contributed by atoms with van der Waals surface area (Å²) in [6.45, 7) is 2.98. The van der Waals surface area contributed by atoms with Crippen molar-refractivity contribution in [2.75, 3.05) is 6.54 Å². The molecule has 0 radical (unpaired) electrons. The van der Waals surface area contributed by atoms with Crippen molar-refractivity contribution in [3.05, 3.63) is 0 Å². The van der Waals surface area contributed by atoms with Crippen molar-refractivity contribution < 1.29 is 4.79 Å². The van der Waals surface area contributed by atoms with E-state index >= 15 is 0 Å². The molecule has 122 valence electrons. The van der Waals surface area contributed by atoms with E-state index in [1.165, 1.54) is 77.0 Å². The molecule has 0 rings (SSSR count). The lowest BCUT2D eigenvalue weighted by Gasteiger charge is -2.04. The van der Waals surface area contributed by atoms with Crippen LogP contribution in [0.4, 0.5) is 0 Å². The minimum atomic E-state index is -0.142. The van der Waals surface area contributed by atoms with E-state index < -0.39 is 0 Å². The second-order valence-corrected chi connectivity index (χ2v) is 5.93. The van der Waals surface area contributed by atoms with E-state index in [0.29, 0.717) is 0 Å². The van der Waals surface area contributed by atoms with Crippen molar-refractivity contribution in [3.63, 3.8) is 0 Å². The van der Waals surface area contributed by atoms with Gasteiger partial charge in [0.1, 0.15) is 6.42 Å². The zero-order valence-electron chi connectivity index (χ0n) is 14.0. The summed E-state index contributed by atoms with van der Waals surface area (Å²) >= 11 is 0. The summed E-state index contributed by atoms with van der Waals surface area (Å²) in [6, 6.07) is 1.86. The van der Waals surface area contributed by atoms with E-state index in [1.54, 1.807) is 0 Å². The van der Waals surface area contributed by atoms with Gasteiger partial charge in [0, 0.05) is 6.54 Å². The van der Waals surface area contributed by atoms with Crippen LogP contribution in [0.5, 0.6) is 0 Å². The lowest BCUT2D eigenvalue weighted by atomic mass is 10.0. The molecule has 0 saturated heterocycles. The van der Waals surface area contributed by atoms with Crippen LogP contribution in [0, 0.1) is 11.3 Å². The van der Waals surface area contributed by atoms with E-state index in [1.807, 2.05) is 6.07 Å². The van der Waals surface area contributed by atoms with Gasteiger partial charge in [-0.15, -0.1) is 0 Å².